The van der Waals surface area contributed by atoms with E-state index in [1.54, 1.807) is 12.0 Å². The third-order valence-corrected chi connectivity index (χ3v) is 4.97. The summed E-state index contributed by atoms with van der Waals surface area (Å²) >= 11 is 0. The quantitative estimate of drug-likeness (QED) is 0.866. The third kappa shape index (κ3) is 4.43. The van der Waals surface area contributed by atoms with Crippen molar-refractivity contribution in [2.24, 2.45) is 5.92 Å². The number of carboxylic acid groups (broad SMARTS) is 1. The molecule has 1 aliphatic heterocycles. The van der Waals surface area contributed by atoms with Crippen molar-refractivity contribution in [3.63, 3.8) is 0 Å². The van der Waals surface area contributed by atoms with E-state index in [0.717, 1.165) is 28.9 Å². The number of hydrogen-bond donors (Lipinski definition) is 1. The van der Waals surface area contributed by atoms with Gasteiger partial charge in [0.25, 0.3) is 0 Å². The van der Waals surface area contributed by atoms with Crippen molar-refractivity contribution in [3.8, 4) is 5.75 Å². The lowest BCUT2D eigenvalue weighted by Gasteiger charge is -2.30. The third-order valence-electron chi connectivity index (χ3n) is 4.97. The van der Waals surface area contributed by atoms with Crippen LogP contribution in [0.15, 0.2) is 24.3 Å². The number of amides is 1. The maximum absolute atomic E-state index is 12.2. The second kappa shape index (κ2) is 7.25. The Labute approximate surface area is 159 Å². The zero-order valence-corrected chi connectivity index (χ0v) is 16.3. The second-order valence-electron chi connectivity index (χ2n) is 8.15. The Bertz CT molecular complexity index is 777. The van der Waals surface area contributed by atoms with E-state index in [2.05, 4.69) is 0 Å². The van der Waals surface area contributed by atoms with Crippen molar-refractivity contribution in [1.29, 1.82) is 0 Å². The summed E-state index contributed by atoms with van der Waals surface area (Å²) in [6, 6.07) is 5.94. The lowest BCUT2D eigenvalue weighted by atomic mass is 9.96. The van der Waals surface area contributed by atoms with Gasteiger partial charge in [-0.25, -0.2) is 4.79 Å². The van der Waals surface area contributed by atoms with Gasteiger partial charge in [0.2, 0.25) is 0 Å². The monoisotopic (exact) mass is 373 g/mol. The number of rotatable bonds is 4. The molecule has 2 unspecified atom stereocenters. The largest absolute Gasteiger partial charge is 0.496 e. The van der Waals surface area contributed by atoms with Gasteiger partial charge < -0.3 is 19.5 Å². The molecular weight excluding hydrogens is 346 g/mol. The van der Waals surface area contributed by atoms with E-state index < -0.39 is 11.6 Å². The molecule has 146 valence electrons. The summed E-state index contributed by atoms with van der Waals surface area (Å²) in [6.07, 6.45) is 3.14. The number of aliphatic carboxylic acids is 1. The number of benzene rings is 1. The van der Waals surface area contributed by atoms with E-state index in [9.17, 15) is 9.59 Å². The van der Waals surface area contributed by atoms with Gasteiger partial charge in [-0.15, -0.1) is 0 Å². The fraction of sp³-hybridized carbons (Fsp3) is 0.524. The molecule has 1 fully saturated rings. The Kier molecular flexibility index (Phi) is 5.18. The number of carbonyl (C=O) groups is 2. The summed E-state index contributed by atoms with van der Waals surface area (Å²) in [5, 5.41) is 9.13. The molecule has 2 atom stereocenters. The van der Waals surface area contributed by atoms with E-state index in [0.29, 0.717) is 19.5 Å². The average Bonchev–Trinajstić information content (AvgIpc) is 3.41. The van der Waals surface area contributed by atoms with Gasteiger partial charge in [0.1, 0.15) is 11.4 Å². The van der Waals surface area contributed by atoms with E-state index in [1.807, 2.05) is 45.0 Å². The molecule has 1 aliphatic carbocycles. The number of methoxy groups -OCH3 is 1. The standard InChI is InChI=1S/C21H27NO5/c1-21(2,3)27-20(25)22-9-7-13(8-10-22)15-6-5-14(11-18(15)26-4)16-12-17(16)19(23)24/h5-7,11,16-17H,8-10,12H2,1-4H3,(H,23,24). The van der Waals surface area contributed by atoms with Crippen LogP contribution in [0.5, 0.6) is 5.75 Å². The number of ether oxygens (including phenoxy) is 2. The van der Waals surface area contributed by atoms with Crippen molar-refractivity contribution in [1.82, 2.24) is 4.90 Å². The first-order valence-electron chi connectivity index (χ1n) is 9.27. The fourth-order valence-corrected chi connectivity index (χ4v) is 3.45. The van der Waals surface area contributed by atoms with E-state index in [-0.39, 0.29) is 17.9 Å². The zero-order chi connectivity index (χ0) is 19.8. The minimum absolute atomic E-state index is 0.0773. The predicted octanol–water partition coefficient (Wildman–Crippen LogP) is 3.91. The highest BCUT2D eigenvalue weighted by atomic mass is 16.6. The molecule has 1 N–H and O–H groups in total. The van der Waals surface area contributed by atoms with Crippen LogP contribution in [-0.2, 0) is 9.53 Å². The predicted molar refractivity (Wildman–Crippen MR) is 102 cm³/mol. The second-order valence-corrected chi connectivity index (χ2v) is 8.15. The highest BCUT2D eigenvalue weighted by Gasteiger charge is 2.44. The molecule has 1 saturated carbocycles. The molecule has 2 aliphatic rings. The van der Waals surface area contributed by atoms with Gasteiger partial charge in [-0.05, 0) is 56.7 Å². The minimum Gasteiger partial charge on any atom is -0.496 e. The van der Waals surface area contributed by atoms with Gasteiger partial charge in [-0.1, -0.05) is 18.2 Å². The van der Waals surface area contributed by atoms with Crippen LogP contribution >= 0.6 is 0 Å². The lowest BCUT2D eigenvalue weighted by Crippen LogP contribution is -2.39. The highest BCUT2D eigenvalue weighted by molar-refractivity contribution is 5.77. The van der Waals surface area contributed by atoms with Crippen LogP contribution in [0, 0.1) is 5.92 Å². The van der Waals surface area contributed by atoms with Gasteiger partial charge in [0.05, 0.1) is 13.0 Å². The van der Waals surface area contributed by atoms with Crippen molar-refractivity contribution in [3.05, 3.63) is 35.4 Å². The van der Waals surface area contributed by atoms with E-state index >= 15 is 0 Å². The first kappa shape index (κ1) is 19.3. The first-order valence-corrected chi connectivity index (χ1v) is 9.27. The molecule has 1 aromatic carbocycles. The van der Waals surface area contributed by atoms with Crippen molar-refractivity contribution in [2.75, 3.05) is 20.2 Å². The summed E-state index contributed by atoms with van der Waals surface area (Å²) in [5.41, 5.74) is 2.63. The van der Waals surface area contributed by atoms with Gasteiger partial charge in [0.15, 0.2) is 0 Å². The van der Waals surface area contributed by atoms with Gasteiger partial charge >= 0.3 is 12.1 Å². The highest BCUT2D eigenvalue weighted by Crippen LogP contribution is 2.49. The van der Waals surface area contributed by atoms with Gasteiger partial charge in [-0.3, -0.25) is 4.79 Å². The summed E-state index contributed by atoms with van der Waals surface area (Å²) in [4.78, 5) is 25.0. The minimum atomic E-state index is -0.736. The maximum Gasteiger partial charge on any atom is 0.410 e. The summed E-state index contributed by atoms with van der Waals surface area (Å²) < 4.78 is 11.0. The van der Waals surface area contributed by atoms with Crippen molar-refractivity contribution in [2.45, 2.75) is 45.1 Å². The normalized spacial score (nSPS) is 22.1. The molecule has 27 heavy (non-hydrogen) atoms. The smallest absolute Gasteiger partial charge is 0.410 e. The van der Waals surface area contributed by atoms with Gasteiger partial charge in [-0.2, -0.15) is 0 Å². The molecule has 3 rings (SSSR count). The van der Waals surface area contributed by atoms with Gasteiger partial charge in [0, 0.05) is 18.7 Å². The first-order chi connectivity index (χ1) is 12.7. The van der Waals surface area contributed by atoms with Crippen LogP contribution in [0.2, 0.25) is 0 Å². The van der Waals surface area contributed by atoms with Crippen LogP contribution in [0.25, 0.3) is 5.57 Å². The molecule has 0 radical (unpaired) electrons. The maximum atomic E-state index is 12.2. The molecule has 6 nitrogen and oxygen atoms in total. The molecule has 0 bridgehead atoms. The molecule has 0 saturated heterocycles. The molecular formula is C21H27NO5. The molecule has 0 aromatic heterocycles. The van der Waals surface area contributed by atoms with Crippen LogP contribution < -0.4 is 4.74 Å². The summed E-state index contributed by atoms with van der Waals surface area (Å²) in [5.74, 6) is -0.189. The SMILES string of the molecule is COc1cc(C2CC2C(=O)O)ccc1C1=CCN(C(=O)OC(C)(C)C)CC1. The number of carbonyl (C=O) groups excluding carboxylic acids is 1. The lowest BCUT2D eigenvalue weighted by molar-refractivity contribution is -0.138. The van der Waals surface area contributed by atoms with Crippen LogP contribution in [-0.4, -0.2) is 47.9 Å². The van der Waals surface area contributed by atoms with E-state index in [4.69, 9.17) is 14.6 Å². The number of nitrogens with zero attached hydrogens (tertiary/aromatic N) is 1. The number of carboxylic acids is 1. The molecule has 0 spiro atoms. The Morgan fingerprint density at radius 1 is 1.26 bits per heavy atom. The summed E-state index contributed by atoms with van der Waals surface area (Å²) in [7, 11) is 1.63. The molecule has 1 heterocycles. The van der Waals surface area contributed by atoms with Crippen LogP contribution in [0.3, 0.4) is 0 Å². The molecule has 6 heteroatoms. The van der Waals surface area contributed by atoms with Crippen molar-refractivity contribution < 1.29 is 24.2 Å². The van der Waals surface area contributed by atoms with Crippen molar-refractivity contribution >= 4 is 17.6 Å². The Morgan fingerprint density at radius 2 is 2.00 bits per heavy atom. The van der Waals surface area contributed by atoms with Crippen LogP contribution in [0.1, 0.15) is 50.7 Å². The van der Waals surface area contributed by atoms with Crippen LogP contribution in [0.4, 0.5) is 4.79 Å². The Hall–Kier alpha value is -2.50. The number of hydrogen-bond acceptors (Lipinski definition) is 4. The fourth-order valence-electron chi connectivity index (χ4n) is 3.45. The zero-order valence-electron chi connectivity index (χ0n) is 16.3. The molecule has 1 amide bonds. The molecule has 1 aromatic rings. The Morgan fingerprint density at radius 3 is 2.52 bits per heavy atom. The Balaban J connectivity index is 1.72. The average molecular weight is 373 g/mol. The topological polar surface area (TPSA) is 76.1 Å². The summed E-state index contributed by atoms with van der Waals surface area (Å²) in [6.45, 7) is 6.67. The van der Waals surface area contributed by atoms with E-state index in [1.165, 1.54) is 0 Å².